The van der Waals surface area contributed by atoms with Gasteiger partial charge >= 0.3 is 6.18 Å². The highest BCUT2D eigenvalue weighted by molar-refractivity contribution is 4.58. The number of nitrogens with one attached hydrogen (secondary N) is 1. The molecule has 0 aromatic rings. The molecule has 0 aliphatic rings. The van der Waals surface area contributed by atoms with Crippen LogP contribution in [-0.4, -0.2) is 25.8 Å². The summed E-state index contributed by atoms with van der Waals surface area (Å²) in [6, 6.07) is 0. The van der Waals surface area contributed by atoms with Crippen LogP contribution in [0.15, 0.2) is 0 Å². The molecule has 0 bridgehead atoms. The quantitative estimate of drug-likeness (QED) is 0.635. The topological polar surface area (TPSA) is 38.0 Å². The highest BCUT2D eigenvalue weighted by Gasteiger charge is 2.25. The van der Waals surface area contributed by atoms with Crippen LogP contribution in [0, 0.1) is 5.92 Å². The standard InChI is InChI=1S/C8H17F3N2/c1-7(5-12)6-13-4-2-3-8(9,10)11/h7,13H,2-6,12H2,1H3. The predicted octanol–water partition coefficient (Wildman–Crippen LogP) is 1.51. The summed E-state index contributed by atoms with van der Waals surface area (Å²) in [5.41, 5.74) is 5.34. The van der Waals surface area contributed by atoms with E-state index in [1.54, 1.807) is 0 Å². The molecule has 0 aromatic heterocycles. The van der Waals surface area contributed by atoms with Crippen LogP contribution in [0.3, 0.4) is 0 Å². The first-order valence-corrected chi connectivity index (χ1v) is 4.43. The van der Waals surface area contributed by atoms with Gasteiger partial charge in [-0.15, -0.1) is 0 Å². The second kappa shape index (κ2) is 6.21. The number of rotatable bonds is 6. The first-order chi connectivity index (χ1) is 5.95. The number of hydrogen-bond acceptors (Lipinski definition) is 2. The van der Waals surface area contributed by atoms with Crippen molar-refractivity contribution >= 4 is 0 Å². The van der Waals surface area contributed by atoms with Gasteiger partial charge < -0.3 is 11.1 Å². The molecule has 13 heavy (non-hydrogen) atoms. The Balaban J connectivity index is 3.18. The molecular weight excluding hydrogens is 181 g/mol. The molecule has 0 saturated heterocycles. The molecule has 0 radical (unpaired) electrons. The second-order valence-electron chi connectivity index (χ2n) is 3.26. The lowest BCUT2D eigenvalue weighted by Crippen LogP contribution is -2.27. The van der Waals surface area contributed by atoms with Gasteiger partial charge in [-0.3, -0.25) is 0 Å². The smallest absolute Gasteiger partial charge is 0.330 e. The van der Waals surface area contributed by atoms with E-state index in [4.69, 9.17) is 5.73 Å². The van der Waals surface area contributed by atoms with Gasteiger partial charge in [-0.2, -0.15) is 13.2 Å². The van der Waals surface area contributed by atoms with Crippen LogP contribution in [-0.2, 0) is 0 Å². The lowest BCUT2D eigenvalue weighted by molar-refractivity contribution is -0.135. The first kappa shape index (κ1) is 12.7. The fraction of sp³-hybridized carbons (Fsp3) is 1.00. The molecule has 0 spiro atoms. The average Bonchev–Trinajstić information content (AvgIpc) is 2.01. The van der Waals surface area contributed by atoms with Crippen molar-refractivity contribution in [2.45, 2.75) is 25.9 Å². The third-order valence-corrected chi connectivity index (χ3v) is 1.71. The van der Waals surface area contributed by atoms with Crippen LogP contribution in [0.2, 0.25) is 0 Å². The molecule has 3 N–H and O–H groups in total. The molecule has 0 aromatic carbocycles. The summed E-state index contributed by atoms with van der Waals surface area (Å²) in [5, 5.41) is 2.93. The van der Waals surface area contributed by atoms with E-state index in [-0.39, 0.29) is 6.42 Å². The molecule has 0 heterocycles. The van der Waals surface area contributed by atoms with Crippen LogP contribution in [0.4, 0.5) is 13.2 Å². The van der Waals surface area contributed by atoms with Crippen LogP contribution in [0.1, 0.15) is 19.8 Å². The lowest BCUT2D eigenvalue weighted by Gasteiger charge is -2.10. The first-order valence-electron chi connectivity index (χ1n) is 4.43. The summed E-state index contributed by atoms with van der Waals surface area (Å²) in [7, 11) is 0. The van der Waals surface area contributed by atoms with Crippen LogP contribution < -0.4 is 11.1 Å². The fourth-order valence-electron chi connectivity index (χ4n) is 0.846. The molecular formula is C8H17F3N2. The summed E-state index contributed by atoms with van der Waals surface area (Å²) in [5.74, 6) is 0.325. The Bertz CT molecular complexity index is 125. The largest absolute Gasteiger partial charge is 0.389 e. The van der Waals surface area contributed by atoms with Crippen molar-refractivity contribution in [3.8, 4) is 0 Å². The van der Waals surface area contributed by atoms with Gasteiger partial charge in [0, 0.05) is 6.42 Å². The number of hydrogen-bond donors (Lipinski definition) is 2. The number of nitrogens with two attached hydrogens (primary N) is 1. The normalized spacial score (nSPS) is 14.5. The SMILES string of the molecule is CC(CN)CNCCCC(F)(F)F. The average molecular weight is 198 g/mol. The van der Waals surface area contributed by atoms with Gasteiger partial charge in [-0.25, -0.2) is 0 Å². The Morgan fingerprint density at radius 2 is 2.00 bits per heavy atom. The fourth-order valence-corrected chi connectivity index (χ4v) is 0.846. The van der Waals surface area contributed by atoms with Crippen LogP contribution in [0.5, 0.6) is 0 Å². The summed E-state index contributed by atoms with van der Waals surface area (Å²) in [6.07, 6.45) is -4.60. The molecule has 1 atom stereocenters. The Morgan fingerprint density at radius 1 is 1.38 bits per heavy atom. The van der Waals surface area contributed by atoms with Crippen molar-refractivity contribution in [3.05, 3.63) is 0 Å². The highest BCUT2D eigenvalue weighted by Crippen LogP contribution is 2.20. The summed E-state index contributed by atoms with van der Waals surface area (Å²) < 4.78 is 35.0. The lowest BCUT2D eigenvalue weighted by atomic mass is 10.2. The summed E-state index contributed by atoms with van der Waals surface area (Å²) in [6.45, 7) is 3.61. The minimum atomic E-state index is -4.03. The van der Waals surface area contributed by atoms with Gasteiger partial charge in [0.25, 0.3) is 0 Å². The Hall–Kier alpha value is -0.290. The van der Waals surface area contributed by atoms with Gasteiger partial charge in [0.05, 0.1) is 0 Å². The molecule has 0 fully saturated rings. The molecule has 0 rings (SSSR count). The van der Waals surface area contributed by atoms with E-state index < -0.39 is 12.6 Å². The van der Waals surface area contributed by atoms with Crippen LogP contribution >= 0.6 is 0 Å². The van der Waals surface area contributed by atoms with Crippen molar-refractivity contribution in [2.75, 3.05) is 19.6 Å². The monoisotopic (exact) mass is 198 g/mol. The number of halogens is 3. The van der Waals surface area contributed by atoms with Gasteiger partial charge in [0.15, 0.2) is 0 Å². The Morgan fingerprint density at radius 3 is 2.46 bits per heavy atom. The minimum Gasteiger partial charge on any atom is -0.330 e. The molecule has 80 valence electrons. The Kier molecular flexibility index (Phi) is 6.07. The maximum absolute atomic E-state index is 11.7. The van der Waals surface area contributed by atoms with E-state index in [0.29, 0.717) is 25.6 Å². The number of alkyl halides is 3. The van der Waals surface area contributed by atoms with Crippen LogP contribution in [0.25, 0.3) is 0 Å². The van der Waals surface area contributed by atoms with E-state index in [1.807, 2.05) is 6.92 Å². The van der Waals surface area contributed by atoms with Crippen molar-refractivity contribution in [2.24, 2.45) is 11.7 Å². The second-order valence-corrected chi connectivity index (χ2v) is 3.26. The Labute approximate surface area is 76.7 Å². The molecule has 0 amide bonds. The minimum absolute atomic E-state index is 0.140. The van der Waals surface area contributed by atoms with E-state index >= 15 is 0 Å². The molecule has 2 nitrogen and oxygen atoms in total. The molecule has 5 heteroatoms. The highest BCUT2D eigenvalue weighted by atomic mass is 19.4. The van der Waals surface area contributed by atoms with E-state index in [1.165, 1.54) is 0 Å². The molecule has 1 unspecified atom stereocenters. The van der Waals surface area contributed by atoms with E-state index in [2.05, 4.69) is 5.32 Å². The molecule has 0 saturated carbocycles. The summed E-state index contributed by atoms with van der Waals surface area (Å²) in [4.78, 5) is 0. The zero-order valence-electron chi connectivity index (χ0n) is 7.82. The van der Waals surface area contributed by atoms with Crippen molar-refractivity contribution in [1.82, 2.24) is 5.32 Å². The molecule has 0 aliphatic heterocycles. The van der Waals surface area contributed by atoms with Gasteiger partial charge in [-0.05, 0) is 32.0 Å². The van der Waals surface area contributed by atoms with E-state index in [9.17, 15) is 13.2 Å². The summed E-state index contributed by atoms with van der Waals surface area (Å²) >= 11 is 0. The van der Waals surface area contributed by atoms with Crippen molar-refractivity contribution in [1.29, 1.82) is 0 Å². The van der Waals surface area contributed by atoms with Crippen molar-refractivity contribution in [3.63, 3.8) is 0 Å². The zero-order chi connectivity index (χ0) is 10.3. The van der Waals surface area contributed by atoms with Crippen molar-refractivity contribution < 1.29 is 13.2 Å². The maximum Gasteiger partial charge on any atom is 0.389 e. The predicted molar refractivity (Wildman–Crippen MR) is 46.4 cm³/mol. The van der Waals surface area contributed by atoms with E-state index in [0.717, 1.165) is 0 Å². The van der Waals surface area contributed by atoms with Gasteiger partial charge in [-0.1, -0.05) is 6.92 Å². The van der Waals surface area contributed by atoms with Gasteiger partial charge in [0.1, 0.15) is 0 Å². The molecule has 0 aliphatic carbocycles. The van der Waals surface area contributed by atoms with Gasteiger partial charge in [0.2, 0.25) is 0 Å². The maximum atomic E-state index is 11.7. The third kappa shape index (κ3) is 9.63. The third-order valence-electron chi connectivity index (χ3n) is 1.71. The zero-order valence-corrected chi connectivity index (χ0v) is 7.82.